The van der Waals surface area contributed by atoms with Crippen molar-refractivity contribution in [1.29, 1.82) is 0 Å². The van der Waals surface area contributed by atoms with Crippen molar-refractivity contribution in [3.05, 3.63) is 17.9 Å². The third-order valence-electron chi connectivity index (χ3n) is 3.20. The van der Waals surface area contributed by atoms with E-state index < -0.39 is 5.82 Å². The molecule has 4 nitrogen and oxygen atoms in total. The summed E-state index contributed by atoms with van der Waals surface area (Å²) in [4.78, 5) is 0. The first-order valence-electron chi connectivity index (χ1n) is 6.24. The van der Waals surface area contributed by atoms with Gasteiger partial charge in [0.1, 0.15) is 0 Å². The minimum Gasteiger partial charge on any atom is -0.491 e. The van der Waals surface area contributed by atoms with Crippen molar-refractivity contribution in [2.24, 2.45) is 5.92 Å². The molecular weight excluding hydrogens is 235 g/mol. The fourth-order valence-corrected chi connectivity index (χ4v) is 2.11. The Bertz CT molecular complexity index is 420. The fraction of sp³-hybridized carbons (Fsp3) is 0.538. The number of anilines is 2. The molecule has 0 radical (unpaired) electrons. The van der Waals surface area contributed by atoms with Crippen LogP contribution in [0.3, 0.4) is 0 Å². The number of nitrogen functional groups attached to an aromatic ring is 1. The number of halogens is 1. The second kappa shape index (κ2) is 5.44. The van der Waals surface area contributed by atoms with E-state index >= 15 is 0 Å². The monoisotopic (exact) mass is 254 g/mol. The van der Waals surface area contributed by atoms with Gasteiger partial charge in [-0.1, -0.05) is 0 Å². The molecule has 5 heteroatoms. The molecule has 0 aromatic heterocycles. The Balaban J connectivity index is 2.00. The Morgan fingerprint density at radius 2 is 2.22 bits per heavy atom. The van der Waals surface area contributed by atoms with E-state index in [9.17, 15) is 9.50 Å². The Hall–Kier alpha value is -1.49. The van der Waals surface area contributed by atoms with Crippen LogP contribution in [0.5, 0.6) is 5.75 Å². The number of hydrogen-bond acceptors (Lipinski definition) is 4. The molecule has 0 bridgehead atoms. The van der Waals surface area contributed by atoms with E-state index in [4.69, 9.17) is 10.5 Å². The second-order valence-electron chi connectivity index (χ2n) is 4.68. The number of nitrogens with one attached hydrogen (secondary N) is 1. The zero-order valence-electron chi connectivity index (χ0n) is 10.4. The molecule has 0 amide bonds. The third-order valence-corrected chi connectivity index (χ3v) is 3.20. The molecule has 1 saturated carbocycles. The maximum absolute atomic E-state index is 13.5. The van der Waals surface area contributed by atoms with Crippen LogP contribution >= 0.6 is 0 Å². The molecule has 1 aliphatic rings. The first kappa shape index (κ1) is 13.0. The summed E-state index contributed by atoms with van der Waals surface area (Å²) in [6.07, 6.45) is 1.46. The van der Waals surface area contributed by atoms with Crippen LogP contribution in [0, 0.1) is 11.7 Å². The lowest BCUT2D eigenvalue weighted by atomic mass is 9.82. The standard InChI is InChI=1S/C13H19FN2O2/c1-2-18-13-6-12(11(15)5-10(13)14)16-7-8-3-9(17)4-8/h5-6,8-9,16-17H,2-4,7,15H2,1H3. The average Bonchev–Trinajstić information content (AvgIpc) is 2.28. The zero-order chi connectivity index (χ0) is 13.1. The van der Waals surface area contributed by atoms with E-state index in [2.05, 4.69) is 5.32 Å². The van der Waals surface area contributed by atoms with Gasteiger partial charge >= 0.3 is 0 Å². The predicted octanol–water partition coefficient (Wildman–Crippen LogP) is 1.99. The van der Waals surface area contributed by atoms with Crippen molar-refractivity contribution in [1.82, 2.24) is 0 Å². The van der Waals surface area contributed by atoms with Crippen LogP contribution in [0.1, 0.15) is 19.8 Å². The number of aliphatic hydroxyl groups is 1. The largest absolute Gasteiger partial charge is 0.491 e. The molecule has 0 aliphatic heterocycles. The summed E-state index contributed by atoms with van der Waals surface area (Å²) in [6, 6.07) is 2.85. The highest BCUT2D eigenvalue weighted by atomic mass is 19.1. The highest BCUT2D eigenvalue weighted by Gasteiger charge is 2.26. The van der Waals surface area contributed by atoms with Gasteiger partial charge in [0.05, 0.1) is 24.1 Å². The lowest BCUT2D eigenvalue weighted by molar-refractivity contribution is 0.0487. The molecule has 0 unspecified atom stereocenters. The van der Waals surface area contributed by atoms with Crippen molar-refractivity contribution in [2.45, 2.75) is 25.9 Å². The van der Waals surface area contributed by atoms with Gasteiger partial charge in [0.2, 0.25) is 0 Å². The molecule has 0 heterocycles. The number of ether oxygens (including phenoxy) is 1. The lowest BCUT2D eigenvalue weighted by Gasteiger charge is -2.31. The summed E-state index contributed by atoms with van der Waals surface area (Å²) in [5.41, 5.74) is 6.80. The minimum atomic E-state index is -0.445. The van der Waals surface area contributed by atoms with E-state index in [0.29, 0.717) is 23.9 Å². The molecule has 0 saturated heterocycles. The van der Waals surface area contributed by atoms with Crippen LogP contribution in [0.4, 0.5) is 15.8 Å². The smallest absolute Gasteiger partial charge is 0.167 e. The Morgan fingerprint density at radius 3 is 2.83 bits per heavy atom. The van der Waals surface area contributed by atoms with Gasteiger partial charge in [-0.3, -0.25) is 0 Å². The summed E-state index contributed by atoms with van der Waals surface area (Å²) in [5, 5.41) is 12.4. The van der Waals surface area contributed by atoms with Crippen LogP contribution in [0.15, 0.2) is 12.1 Å². The van der Waals surface area contributed by atoms with Gasteiger partial charge in [0.15, 0.2) is 11.6 Å². The van der Waals surface area contributed by atoms with Crippen LogP contribution in [0.25, 0.3) is 0 Å². The summed E-state index contributed by atoms with van der Waals surface area (Å²) in [7, 11) is 0. The van der Waals surface area contributed by atoms with E-state index in [1.165, 1.54) is 6.07 Å². The van der Waals surface area contributed by atoms with Gasteiger partial charge in [-0.15, -0.1) is 0 Å². The quantitative estimate of drug-likeness (QED) is 0.703. The van der Waals surface area contributed by atoms with E-state index in [1.54, 1.807) is 13.0 Å². The fourth-order valence-electron chi connectivity index (χ4n) is 2.11. The van der Waals surface area contributed by atoms with E-state index in [0.717, 1.165) is 19.4 Å². The second-order valence-corrected chi connectivity index (χ2v) is 4.68. The number of hydrogen-bond donors (Lipinski definition) is 3. The number of nitrogens with two attached hydrogens (primary N) is 1. The summed E-state index contributed by atoms with van der Waals surface area (Å²) < 4.78 is 18.7. The van der Waals surface area contributed by atoms with Crippen LogP contribution in [0.2, 0.25) is 0 Å². The number of rotatable bonds is 5. The van der Waals surface area contributed by atoms with Gasteiger partial charge in [-0.05, 0) is 25.7 Å². The highest BCUT2D eigenvalue weighted by molar-refractivity contribution is 5.68. The summed E-state index contributed by atoms with van der Waals surface area (Å²) in [5.74, 6) is 0.224. The van der Waals surface area contributed by atoms with Crippen LogP contribution in [-0.2, 0) is 0 Å². The topological polar surface area (TPSA) is 67.5 Å². The van der Waals surface area contributed by atoms with Gasteiger partial charge in [0, 0.05) is 18.7 Å². The molecule has 4 N–H and O–H groups in total. The summed E-state index contributed by atoms with van der Waals surface area (Å²) in [6.45, 7) is 2.95. The maximum Gasteiger partial charge on any atom is 0.167 e. The summed E-state index contributed by atoms with van der Waals surface area (Å²) >= 11 is 0. The van der Waals surface area contributed by atoms with Crippen molar-refractivity contribution in [3.63, 3.8) is 0 Å². The number of benzene rings is 1. The Kier molecular flexibility index (Phi) is 3.91. The molecule has 1 fully saturated rings. The maximum atomic E-state index is 13.5. The first-order valence-corrected chi connectivity index (χ1v) is 6.24. The van der Waals surface area contributed by atoms with Crippen molar-refractivity contribution < 1.29 is 14.2 Å². The van der Waals surface area contributed by atoms with Gasteiger partial charge in [0.25, 0.3) is 0 Å². The van der Waals surface area contributed by atoms with Crippen molar-refractivity contribution >= 4 is 11.4 Å². The molecular formula is C13H19FN2O2. The molecule has 0 spiro atoms. The Labute approximate surface area is 106 Å². The molecule has 1 aliphatic carbocycles. The first-order chi connectivity index (χ1) is 8.60. The zero-order valence-corrected chi connectivity index (χ0v) is 10.4. The van der Waals surface area contributed by atoms with Crippen molar-refractivity contribution in [2.75, 3.05) is 24.2 Å². The SMILES string of the molecule is CCOc1cc(NCC2CC(O)C2)c(N)cc1F. The van der Waals surface area contributed by atoms with Crippen molar-refractivity contribution in [3.8, 4) is 5.75 Å². The average molecular weight is 254 g/mol. The lowest BCUT2D eigenvalue weighted by Crippen LogP contribution is -2.33. The third kappa shape index (κ3) is 2.85. The van der Waals surface area contributed by atoms with E-state index in [1.807, 2.05) is 0 Å². The predicted molar refractivity (Wildman–Crippen MR) is 69.2 cm³/mol. The minimum absolute atomic E-state index is 0.165. The molecule has 0 atom stereocenters. The molecule has 1 aromatic rings. The van der Waals surface area contributed by atoms with E-state index in [-0.39, 0.29) is 11.9 Å². The normalized spacial score (nSPS) is 22.4. The van der Waals surface area contributed by atoms with Gasteiger partial charge in [-0.25, -0.2) is 4.39 Å². The van der Waals surface area contributed by atoms with Crippen LogP contribution < -0.4 is 15.8 Å². The number of aliphatic hydroxyl groups excluding tert-OH is 1. The van der Waals surface area contributed by atoms with Crippen LogP contribution in [-0.4, -0.2) is 24.4 Å². The Morgan fingerprint density at radius 1 is 1.50 bits per heavy atom. The molecule has 2 rings (SSSR count). The highest BCUT2D eigenvalue weighted by Crippen LogP contribution is 2.31. The molecule has 1 aromatic carbocycles. The van der Waals surface area contributed by atoms with Gasteiger partial charge in [-0.2, -0.15) is 0 Å². The van der Waals surface area contributed by atoms with Gasteiger partial charge < -0.3 is 20.9 Å². The molecule has 18 heavy (non-hydrogen) atoms. The molecule has 100 valence electrons.